The third-order valence-electron chi connectivity index (χ3n) is 2.88. The number of benzene rings is 2. The number of rotatable bonds is 6. The van der Waals surface area contributed by atoms with Crippen molar-refractivity contribution >= 4 is 15.8 Å². The molecule has 0 heterocycles. The first-order valence-electron chi connectivity index (χ1n) is 6.42. The van der Waals surface area contributed by atoms with Gasteiger partial charge >= 0.3 is 5.97 Å². The summed E-state index contributed by atoms with van der Waals surface area (Å²) in [6.45, 7) is 0. The first-order chi connectivity index (χ1) is 10.4. The highest BCUT2D eigenvalue weighted by atomic mass is 32.2. The maximum Gasteiger partial charge on any atom is 0.321 e. The van der Waals surface area contributed by atoms with E-state index in [1.165, 1.54) is 24.3 Å². The quantitative estimate of drug-likeness (QED) is 0.838. The summed E-state index contributed by atoms with van der Waals surface area (Å²) in [5.41, 5.74) is 5.27. The molecule has 0 bridgehead atoms. The lowest BCUT2D eigenvalue weighted by molar-refractivity contribution is -0.137. The van der Waals surface area contributed by atoms with Gasteiger partial charge in [0, 0.05) is 0 Å². The van der Waals surface area contributed by atoms with Crippen molar-refractivity contribution in [2.24, 2.45) is 5.73 Å². The Morgan fingerprint density at radius 1 is 1.05 bits per heavy atom. The standard InChI is InChI=1S/C15H15NO5S/c16-14(15(17)18)10-22(19,20)13-8-6-12(7-9-13)21-11-4-2-1-3-5-11/h1-9,14H,10,16H2,(H,17,18)/t14-/m0/s1. The van der Waals surface area contributed by atoms with Crippen LogP contribution in [-0.2, 0) is 14.6 Å². The van der Waals surface area contributed by atoms with E-state index in [1.54, 1.807) is 12.1 Å². The molecule has 116 valence electrons. The first kappa shape index (κ1) is 16.0. The number of sulfone groups is 1. The van der Waals surface area contributed by atoms with Crippen LogP contribution >= 0.6 is 0 Å². The monoisotopic (exact) mass is 321 g/mol. The van der Waals surface area contributed by atoms with Gasteiger partial charge in [-0.05, 0) is 36.4 Å². The SMILES string of the molecule is N[C@@H](CS(=O)(=O)c1ccc(Oc2ccccc2)cc1)C(=O)O. The Labute approximate surface area is 128 Å². The van der Waals surface area contributed by atoms with E-state index in [2.05, 4.69) is 0 Å². The summed E-state index contributed by atoms with van der Waals surface area (Å²) in [4.78, 5) is 10.7. The van der Waals surface area contributed by atoms with E-state index in [4.69, 9.17) is 15.6 Å². The fourth-order valence-corrected chi connectivity index (χ4v) is 3.10. The van der Waals surface area contributed by atoms with Gasteiger partial charge in [-0.3, -0.25) is 4.79 Å². The van der Waals surface area contributed by atoms with Crippen LogP contribution in [0.5, 0.6) is 11.5 Å². The summed E-state index contributed by atoms with van der Waals surface area (Å²) in [6, 6.07) is 13.3. The maximum absolute atomic E-state index is 12.0. The van der Waals surface area contributed by atoms with Crippen molar-refractivity contribution in [1.82, 2.24) is 0 Å². The molecule has 0 aliphatic heterocycles. The summed E-state index contributed by atoms with van der Waals surface area (Å²) >= 11 is 0. The van der Waals surface area contributed by atoms with Crippen LogP contribution < -0.4 is 10.5 Å². The van der Waals surface area contributed by atoms with Gasteiger partial charge in [-0.15, -0.1) is 0 Å². The Morgan fingerprint density at radius 3 is 2.14 bits per heavy atom. The molecule has 0 spiro atoms. The Bertz CT molecular complexity index is 741. The summed E-state index contributed by atoms with van der Waals surface area (Å²) in [7, 11) is -3.76. The molecule has 0 fully saturated rings. The summed E-state index contributed by atoms with van der Waals surface area (Å²) in [5.74, 6) is -0.896. The molecule has 0 aromatic heterocycles. The van der Waals surface area contributed by atoms with Crippen LogP contribution in [0.15, 0.2) is 59.5 Å². The lowest BCUT2D eigenvalue weighted by atomic mass is 10.3. The molecular weight excluding hydrogens is 306 g/mol. The van der Waals surface area contributed by atoms with Gasteiger partial charge in [0.15, 0.2) is 9.84 Å². The van der Waals surface area contributed by atoms with Crippen LogP contribution in [0.1, 0.15) is 0 Å². The molecule has 0 aliphatic rings. The molecule has 0 radical (unpaired) electrons. The predicted molar refractivity (Wildman–Crippen MR) is 80.6 cm³/mol. The van der Waals surface area contributed by atoms with Crippen molar-refractivity contribution in [2.45, 2.75) is 10.9 Å². The fraction of sp³-hybridized carbons (Fsp3) is 0.133. The molecular formula is C15H15NO5S. The molecule has 0 aliphatic carbocycles. The maximum atomic E-state index is 12.0. The molecule has 0 saturated carbocycles. The van der Waals surface area contributed by atoms with Crippen LogP contribution in [0.4, 0.5) is 0 Å². The van der Waals surface area contributed by atoms with Crippen molar-refractivity contribution < 1.29 is 23.1 Å². The second kappa shape index (κ2) is 6.59. The number of hydrogen-bond acceptors (Lipinski definition) is 5. The van der Waals surface area contributed by atoms with E-state index >= 15 is 0 Å². The Kier molecular flexibility index (Phi) is 4.79. The largest absolute Gasteiger partial charge is 0.480 e. The van der Waals surface area contributed by atoms with E-state index in [0.29, 0.717) is 11.5 Å². The van der Waals surface area contributed by atoms with Crippen molar-refractivity contribution in [3.63, 3.8) is 0 Å². The van der Waals surface area contributed by atoms with Gasteiger partial charge in [-0.2, -0.15) is 0 Å². The Balaban J connectivity index is 2.13. The normalized spacial score (nSPS) is 12.6. The number of aliphatic carboxylic acids is 1. The minimum Gasteiger partial charge on any atom is -0.480 e. The Hall–Kier alpha value is -2.38. The zero-order valence-corrected chi connectivity index (χ0v) is 12.4. The van der Waals surface area contributed by atoms with Gasteiger partial charge in [0.2, 0.25) is 0 Å². The van der Waals surface area contributed by atoms with Crippen LogP contribution in [0, 0.1) is 0 Å². The van der Waals surface area contributed by atoms with Crippen LogP contribution in [-0.4, -0.2) is 31.3 Å². The summed E-state index contributed by atoms with van der Waals surface area (Å²) < 4.78 is 29.6. The van der Waals surface area contributed by atoms with Gasteiger partial charge in [0.05, 0.1) is 10.6 Å². The highest BCUT2D eigenvalue weighted by molar-refractivity contribution is 7.91. The third-order valence-corrected chi connectivity index (χ3v) is 4.67. The minimum absolute atomic E-state index is 0.00427. The molecule has 2 rings (SSSR count). The van der Waals surface area contributed by atoms with E-state index in [-0.39, 0.29) is 4.90 Å². The third kappa shape index (κ3) is 4.06. The smallest absolute Gasteiger partial charge is 0.321 e. The second-order valence-electron chi connectivity index (χ2n) is 4.61. The second-order valence-corrected chi connectivity index (χ2v) is 6.65. The molecule has 6 nitrogen and oxygen atoms in total. The van der Waals surface area contributed by atoms with Gasteiger partial charge in [-0.25, -0.2) is 8.42 Å². The number of nitrogens with two attached hydrogens (primary N) is 1. The van der Waals surface area contributed by atoms with Crippen LogP contribution in [0.3, 0.4) is 0 Å². The number of carboxylic acids is 1. The molecule has 1 atom stereocenters. The molecule has 7 heteroatoms. The molecule has 0 unspecified atom stereocenters. The number of para-hydroxylation sites is 1. The fourth-order valence-electron chi connectivity index (χ4n) is 1.74. The van der Waals surface area contributed by atoms with Gasteiger partial charge in [0.25, 0.3) is 0 Å². The van der Waals surface area contributed by atoms with Crippen molar-refractivity contribution in [3.8, 4) is 11.5 Å². The molecule has 0 saturated heterocycles. The summed E-state index contributed by atoms with van der Waals surface area (Å²) in [6.07, 6.45) is 0. The molecule has 22 heavy (non-hydrogen) atoms. The van der Waals surface area contributed by atoms with Crippen molar-refractivity contribution in [1.29, 1.82) is 0 Å². The van der Waals surface area contributed by atoms with E-state index < -0.39 is 27.6 Å². The van der Waals surface area contributed by atoms with Gasteiger partial charge < -0.3 is 15.6 Å². The van der Waals surface area contributed by atoms with Crippen molar-refractivity contribution in [3.05, 3.63) is 54.6 Å². The summed E-state index contributed by atoms with van der Waals surface area (Å²) in [5, 5.41) is 8.69. The molecule has 0 amide bonds. The average Bonchev–Trinajstić information content (AvgIpc) is 2.48. The highest BCUT2D eigenvalue weighted by Crippen LogP contribution is 2.23. The average molecular weight is 321 g/mol. The minimum atomic E-state index is -3.76. The number of carboxylic acid groups (broad SMARTS) is 1. The number of hydrogen-bond donors (Lipinski definition) is 2. The lowest BCUT2D eigenvalue weighted by Gasteiger charge is -2.09. The van der Waals surface area contributed by atoms with Gasteiger partial charge in [0.1, 0.15) is 17.5 Å². The molecule has 2 aromatic rings. The van der Waals surface area contributed by atoms with Gasteiger partial charge in [-0.1, -0.05) is 18.2 Å². The lowest BCUT2D eigenvalue weighted by Crippen LogP contribution is -2.37. The molecule has 2 aromatic carbocycles. The predicted octanol–water partition coefficient (Wildman–Crippen LogP) is 1.66. The van der Waals surface area contributed by atoms with E-state index in [1.807, 2.05) is 18.2 Å². The van der Waals surface area contributed by atoms with Crippen molar-refractivity contribution in [2.75, 3.05) is 5.75 Å². The zero-order valence-electron chi connectivity index (χ0n) is 11.5. The van der Waals surface area contributed by atoms with Crippen LogP contribution in [0.2, 0.25) is 0 Å². The Morgan fingerprint density at radius 2 is 1.59 bits per heavy atom. The van der Waals surface area contributed by atoms with E-state index in [0.717, 1.165) is 0 Å². The number of carbonyl (C=O) groups is 1. The van der Waals surface area contributed by atoms with E-state index in [9.17, 15) is 13.2 Å². The zero-order chi connectivity index (χ0) is 16.2. The highest BCUT2D eigenvalue weighted by Gasteiger charge is 2.23. The molecule has 3 N–H and O–H groups in total. The topological polar surface area (TPSA) is 107 Å². The van der Waals surface area contributed by atoms with Crippen LogP contribution in [0.25, 0.3) is 0 Å². The first-order valence-corrected chi connectivity index (χ1v) is 8.08. The number of ether oxygens (including phenoxy) is 1.